The second-order valence-corrected chi connectivity index (χ2v) is 7.93. The first-order valence-corrected chi connectivity index (χ1v) is 10.3. The lowest BCUT2D eigenvalue weighted by atomic mass is 10.1. The molecule has 0 heterocycles. The predicted molar refractivity (Wildman–Crippen MR) is 110 cm³/mol. The van der Waals surface area contributed by atoms with Crippen LogP contribution in [0.3, 0.4) is 0 Å². The Labute approximate surface area is 169 Å². The molecule has 29 heavy (non-hydrogen) atoms. The van der Waals surface area contributed by atoms with E-state index in [1.54, 1.807) is 45.0 Å². The first-order chi connectivity index (χ1) is 13.7. The van der Waals surface area contributed by atoms with Crippen molar-refractivity contribution in [2.45, 2.75) is 25.7 Å². The van der Waals surface area contributed by atoms with E-state index in [-0.39, 0.29) is 29.4 Å². The summed E-state index contributed by atoms with van der Waals surface area (Å²) in [6, 6.07) is 12.3. The van der Waals surface area contributed by atoms with Gasteiger partial charge in [0, 0.05) is 25.2 Å². The van der Waals surface area contributed by atoms with Crippen molar-refractivity contribution in [3.63, 3.8) is 0 Å². The van der Waals surface area contributed by atoms with Crippen molar-refractivity contribution in [3.8, 4) is 6.07 Å². The number of benzene rings is 2. The predicted octanol–water partition coefficient (Wildman–Crippen LogP) is 3.33. The van der Waals surface area contributed by atoms with Crippen molar-refractivity contribution < 1.29 is 13.3 Å². The first kappa shape index (κ1) is 22.0. The van der Waals surface area contributed by atoms with Gasteiger partial charge in [0.15, 0.2) is 0 Å². The van der Waals surface area contributed by atoms with Gasteiger partial charge in [-0.25, -0.2) is 8.42 Å². The van der Waals surface area contributed by atoms with Gasteiger partial charge in [0.2, 0.25) is 10.0 Å². The van der Waals surface area contributed by atoms with Crippen LogP contribution in [0.2, 0.25) is 0 Å². The van der Waals surface area contributed by atoms with Crippen molar-refractivity contribution >= 4 is 27.1 Å². The maximum Gasteiger partial charge on any atom is 0.270 e. The Balaban J connectivity index is 2.46. The van der Waals surface area contributed by atoms with Gasteiger partial charge in [0.25, 0.3) is 5.69 Å². The number of hydrogen-bond acceptors (Lipinski definition) is 7. The Kier molecular flexibility index (Phi) is 7.03. The van der Waals surface area contributed by atoms with Crippen LogP contribution >= 0.6 is 0 Å². The largest absolute Gasteiger partial charge is 0.277 e. The molecule has 2 aromatic carbocycles. The summed E-state index contributed by atoms with van der Waals surface area (Å²) < 4.78 is 27.1. The molecule has 2 rings (SSSR count). The molecular formula is C19H21N5O4S. The lowest BCUT2D eigenvalue weighted by Gasteiger charge is -2.20. The average molecular weight is 415 g/mol. The fourth-order valence-electron chi connectivity index (χ4n) is 2.63. The first-order valence-electron chi connectivity index (χ1n) is 8.84. The minimum atomic E-state index is -3.95. The highest BCUT2D eigenvalue weighted by atomic mass is 32.2. The lowest BCUT2D eigenvalue weighted by Crippen LogP contribution is -2.31. The van der Waals surface area contributed by atoms with Gasteiger partial charge >= 0.3 is 0 Å². The minimum absolute atomic E-state index is 0.135. The number of sulfonamides is 1. The number of rotatable bonds is 8. The zero-order valence-corrected chi connectivity index (χ0v) is 17.1. The quantitative estimate of drug-likeness (QED) is 0.400. The summed E-state index contributed by atoms with van der Waals surface area (Å²) in [7, 11) is -3.95. The molecule has 0 aliphatic rings. The molecule has 2 aromatic rings. The summed E-state index contributed by atoms with van der Waals surface area (Å²) in [4.78, 5) is 10.3. The summed E-state index contributed by atoms with van der Waals surface area (Å²) >= 11 is 0. The molecule has 0 radical (unpaired) electrons. The third-order valence-electron chi connectivity index (χ3n) is 4.28. The molecule has 0 bridgehead atoms. The molecule has 0 fully saturated rings. The summed E-state index contributed by atoms with van der Waals surface area (Å²) in [5.74, 6) is 0. The Morgan fingerprint density at radius 2 is 1.83 bits per heavy atom. The van der Waals surface area contributed by atoms with E-state index in [9.17, 15) is 18.5 Å². The number of nitrogens with one attached hydrogen (secondary N) is 1. The average Bonchev–Trinajstić information content (AvgIpc) is 2.72. The second-order valence-electron chi connectivity index (χ2n) is 6.03. The van der Waals surface area contributed by atoms with Gasteiger partial charge in [-0.05, 0) is 30.7 Å². The molecule has 0 unspecified atom stereocenters. The zero-order valence-electron chi connectivity index (χ0n) is 16.3. The lowest BCUT2D eigenvalue weighted by molar-refractivity contribution is -0.385. The topological polar surface area (TPSA) is 129 Å². The number of nitro benzene ring substituents is 1. The molecule has 9 nitrogen and oxygen atoms in total. The van der Waals surface area contributed by atoms with Crippen LogP contribution in [0.4, 0.5) is 11.4 Å². The van der Waals surface area contributed by atoms with Crippen LogP contribution in [0, 0.1) is 21.4 Å². The molecule has 10 heteroatoms. The number of nitro groups is 1. The van der Waals surface area contributed by atoms with E-state index < -0.39 is 14.9 Å². The smallest absolute Gasteiger partial charge is 0.270 e. The van der Waals surface area contributed by atoms with Crippen LogP contribution in [0.25, 0.3) is 0 Å². The van der Waals surface area contributed by atoms with Gasteiger partial charge in [0.05, 0.1) is 28.0 Å². The second kappa shape index (κ2) is 9.27. The number of hydrazone groups is 1. The SMILES string of the molecule is CCN(CC)S(=O)(=O)c1cc([N+](=O)[O-])ccc1N/N=C(/C)c1ccc(C#N)cc1. The zero-order chi connectivity index (χ0) is 21.6. The Morgan fingerprint density at radius 1 is 1.21 bits per heavy atom. The maximum absolute atomic E-state index is 13.0. The van der Waals surface area contributed by atoms with E-state index >= 15 is 0 Å². The molecule has 0 saturated heterocycles. The van der Waals surface area contributed by atoms with Gasteiger partial charge in [-0.2, -0.15) is 14.7 Å². The van der Waals surface area contributed by atoms with Crippen LogP contribution in [0.15, 0.2) is 52.5 Å². The standard InChI is InChI=1S/C19H21N5O4S/c1-4-23(5-2)29(27,28)19-12-17(24(25)26)10-11-18(19)22-21-14(3)16-8-6-15(13-20)7-9-16/h6-12,22H,4-5H2,1-3H3/b21-14-. The van der Waals surface area contributed by atoms with Crippen LogP contribution in [0.5, 0.6) is 0 Å². The van der Waals surface area contributed by atoms with E-state index in [1.165, 1.54) is 16.4 Å². The van der Waals surface area contributed by atoms with E-state index in [4.69, 9.17) is 5.26 Å². The van der Waals surface area contributed by atoms with Crippen LogP contribution in [-0.2, 0) is 10.0 Å². The van der Waals surface area contributed by atoms with Crippen LogP contribution in [-0.4, -0.2) is 36.4 Å². The third kappa shape index (κ3) is 4.96. The fraction of sp³-hybridized carbons (Fsp3) is 0.263. The van der Waals surface area contributed by atoms with E-state index in [1.807, 2.05) is 6.07 Å². The number of anilines is 1. The van der Waals surface area contributed by atoms with E-state index in [0.29, 0.717) is 11.3 Å². The molecule has 0 spiro atoms. The molecule has 0 amide bonds. The Morgan fingerprint density at radius 3 is 2.34 bits per heavy atom. The number of nitriles is 1. The van der Waals surface area contributed by atoms with Gasteiger partial charge in [0.1, 0.15) is 4.90 Å². The highest BCUT2D eigenvalue weighted by Crippen LogP contribution is 2.29. The Bertz CT molecular complexity index is 1070. The molecule has 152 valence electrons. The normalized spacial score (nSPS) is 11.9. The summed E-state index contributed by atoms with van der Waals surface area (Å²) in [5.41, 5.74) is 4.33. The van der Waals surface area contributed by atoms with Crippen molar-refractivity contribution in [2.24, 2.45) is 5.10 Å². The molecule has 0 saturated carbocycles. The van der Waals surface area contributed by atoms with Gasteiger partial charge in [-0.3, -0.25) is 15.5 Å². The van der Waals surface area contributed by atoms with E-state index in [0.717, 1.165) is 11.6 Å². The monoisotopic (exact) mass is 415 g/mol. The fourth-order valence-corrected chi connectivity index (χ4v) is 4.25. The highest BCUT2D eigenvalue weighted by molar-refractivity contribution is 7.89. The highest BCUT2D eigenvalue weighted by Gasteiger charge is 2.27. The van der Waals surface area contributed by atoms with Gasteiger partial charge in [-0.1, -0.05) is 26.0 Å². The van der Waals surface area contributed by atoms with Crippen molar-refractivity contribution in [3.05, 3.63) is 63.7 Å². The van der Waals surface area contributed by atoms with Gasteiger partial charge < -0.3 is 0 Å². The van der Waals surface area contributed by atoms with Crippen molar-refractivity contribution in [2.75, 3.05) is 18.5 Å². The number of nitrogens with zero attached hydrogens (tertiary/aromatic N) is 4. The summed E-state index contributed by atoms with van der Waals surface area (Å²) in [6.07, 6.45) is 0. The molecule has 0 aromatic heterocycles. The molecular weight excluding hydrogens is 394 g/mol. The number of hydrogen-bond donors (Lipinski definition) is 1. The van der Waals surface area contributed by atoms with Crippen LogP contribution in [0.1, 0.15) is 31.9 Å². The molecule has 0 atom stereocenters. The number of non-ortho nitro benzene ring substituents is 1. The minimum Gasteiger partial charge on any atom is -0.277 e. The van der Waals surface area contributed by atoms with E-state index in [2.05, 4.69) is 10.5 Å². The summed E-state index contributed by atoms with van der Waals surface area (Å²) in [6.45, 7) is 5.57. The molecule has 1 N–H and O–H groups in total. The Hall–Kier alpha value is -3.29. The molecule has 0 aliphatic carbocycles. The van der Waals surface area contributed by atoms with Gasteiger partial charge in [-0.15, -0.1) is 0 Å². The maximum atomic E-state index is 13.0. The third-order valence-corrected chi connectivity index (χ3v) is 6.36. The van der Waals surface area contributed by atoms with Crippen molar-refractivity contribution in [1.82, 2.24) is 4.31 Å². The van der Waals surface area contributed by atoms with Crippen molar-refractivity contribution in [1.29, 1.82) is 5.26 Å². The molecule has 0 aliphatic heterocycles. The summed E-state index contributed by atoms with van der Waals surface area (Å²) in [5, 5.41) is 24.2. The van der Waals surface area contributed by atoms with Crippen LogP contribution < -0.4 is 5.43 Å².